The van der Waals surface area contributed by atoms with Crippen molar-refractivity contribution in [2.45, 2.75) is 39.0 Å². The first kappa shape index (κ1) is 14.0. The lowest BCUT2D eigenvalue weighted by Gasteiger charge is -2.25. The van der Waals surface area contributed by atoms with E-state index in [0.717, 1.165) is 36.0 Å². The predicted molar refractivity (Wildman–Crippen MR) is 81.0 cm³/mol. The molecule has 2 heterocycles. The van der Waals surface area contributed by atoms with Crippen molar-refractivity contribution in [2.24, 2.45) is 5.92 Å². The Hall–Kier alpha value is -0.930. The number of benzene rings is 1. The van der Waals surface area contributed by atoms with Crippen LogP contribution in [0.4, 0.5) is 0 Å². The van der Waals surface area contributed by atoms with Crippen LogP contribution in [0.3, 0.4) is 0 Å². The standard InChI is InChI=1S/C16H22ClNO2/c1-10(2)15-12(6-11-4-3-5-18-8-11)13(17)7-14-16(15)20-9-19-14/h7,10-11,18H,3-6,8-9H2,1-2H3. The Morgan fingerprint density at radius 3 is 2.95 bits per heavy atom. The molecule has 3 nitrogen and oxygen atoms in total. The van der Waals surface area contributed by atoms with Crippen molar-refractivity contribution in [3.8, 4) is 11.5 Å². The van der Waals surface area contributed by atoms with Gasteiger partial charge in [0.05, 0.1) is 0 Å². The van der Waals surface area contributed by atoms with E-state index in [9.17, 15) is 0 Å². The second kappa shape index (κ2) is 5.82. The Kier molecular flexibility index (Phi) is 4.08. The highest BCUT2D eigenvalue weighted by Gasteiger charge is 2.27. The van der Waals surface area contributed by atoms with Crippen LogP contribution in [0.25, 0.3) is 0 Å². The van der Waals surface area contributed by atoms with E-state index in [1.165, 1.54) is 24.0 Å². The van der Waals surface area contributed by atoms with Gasteiger partial charge in [0.15, 0.2) is 11.5 Å². The lowest BCUT2D eigenvalue weighted by molar-refractivity contribution is 0.173. The minimum Gasteiger partial charge on any atom is -0.454 e. The van der Waals surface area contributed by atoms with Crippen molar-refractivity contribution in [2.75, 3.05) is 19.9 Å². The molecule has 1 unspecified atom stereocenters. The molecule has 0 radical (unpaired) electrons. The number of hydrogen-bond donors (Lipinski definition) is 1. The largest absolute Gasteiger partial charge is 0.454 e. The topological polar surface area (TPSA) is 30.5 Å². The van der Waals surface area contributed by atoms with Crippen LogP contribution in [0.5, 0.6) is 11.5 Å². The summed E-state index contributed by atoms with van der Waals surface area (Å²) in [5.41, 5.74) is 2.48. The van der Waals surface area contributed by atoms with Gasteiger partial charge in [0, 0.05) is 16.7 Å². The van der Waals surface area contributed by atoms with Crippen LogP contribution in [0.15, 0.2) is 6.07 Å². The zero-order valence-corrected chi connectivity index (χ0v) is 12.9. The fourth-order valence-corrected chi connectivity index (χ4v) is 3.56. The SMILES string of the molecule is CC(C)c1c(CC2CCCNC2)c(Cl)cc2c1OCO2. The molecule has 110 valence electrons. The summed E-state index contributed by atoms with van der Waals surface area (Å²) in [4.78, 5) is 0. The lowest BCUT2D eigenvalue weighted by atomic mass is 9.86. The molecule has 0 aromatic heterocycles. The molecular formula is C16H22ClNO2. The molecule has 2 aliphatic rings. The van der Waals surface area contributed by atoms with Crippen LogP contribution in [0, 0.1) is 5.92 Å². The number of ether oxygens (including phenoxy) is 2. The molecule has 1 N–H and O–H groups in total. The van der Waals surface area contributed by atoms with Crippen molar-refractivity contribution < 1.29 is 9.47 Å². The number of fused-ring (bicyclic) bond motifs is 1. The minimum absolute atomic E-state index is 0.305. The van der Waals surface area contributed by atoms with Gasteiger partial charge >= 0.3 is 0 Å². The van der Waals surface area contributed by atoms with Gasteiger partial charge in [-0.15, -0.1) is 0 Å². The third-order valence-corrected chi connectivity index (χ3v) is 4.56. The van der Waals surface area contributed by atoms with Gasteiger partial charge in [-0.1, -0.05) is 25.4 Å². The van der Waals surface area contributed by atoms with Crippen LogP contribution >= 0.6 is 11.6 Å². The second-order valence-electron chi connectivity index (χ2n) is 6.06. The summed E-state index contributed by atoms with van der Waals surface area (Å²) < 4.78 is 11.2. The zero-order valence-electron chi connectivity index (χ0n) is 12.2. The number of hydrogen-bond acceptors (Lipinski definition) is 3. The van der Waals surface area contributed by atoms with Crippen LogP contribution in [0.2, 0.25) is 5.02 Å². The van der Waals surface area contributed by atoms with Crippen LogP contribution < -0.4 is 14.8 Å². The van der Waals surface area contributed by atoms with E-state index in [0.29, 0.717) is 18.6 Å². The van der Waals surface area contributed by atoms with Crippen LogP contribution in [-0.2, 0) is 6.42 Å². The third kappa shape index (κ3) is 2.61. The van der Waals surface area contributed by atoms with Crippen molar-refractivity contribution >= 4 is 11.6 Å². The van der Waals surface area contributed by atoms with Crippen LogP contribution in [-0.4, -0.2) is 19.9 Å². The first-order valence-corrected chi connectivity index (χ1v) is 7.86. The van der Waals surface area contributed by atoms with Crippen molar-refractivity contribution in [1.82, 2.24) is 5.32 Å². The average Bonchev–Trinajstić information content (AvgIpc) is 2.87. The van der Waals surface area contributed by atoms with Gasteiger partial charge in [-0.25, -0.2) is 0 Å². The average molecular weight is 296 g/mol. The molecular weight excluding hydrogens is 274 g/mol. The summed E-state index contributed by atoms with van der Waals surface area (Å²) in [6.45, 7) is 6.91. The van der Waals surface area contributed by atoms with Gasteiger partial charge in [0.25, 0.3) is 0 Å². The molecule has 1 saturated heterocycles. The van der Waals surface area contributed by atoms with Gasteiger partial charge in [0.1, 0.15) is 0 Å². The third-order valence-electron chi connectivity index (χ3n) is 4.23. The highest BCUT2D eigenvalue weighted by Crippen LogP contribution is 2.45. The molecule has 1 aromatic rings. The summed E-state index contributed by atoms with van der Waals surface area (Å²) >= 11 is 6.52. The Morgan fingerprint density at radius 2 is 2.25 bits per heavy atom. The predicted octanol–water partition coefficient (Wildman–Crippen LogP) is 3.73. The Bertz CT molecular complexity index is 496. The molecule has 1 fully saturated rings. The smallest absolute Gasteiger partial charge is 0.231 e. The van der Waals surface area contributed by atoms with E-state index in [4.69, 9.17) is 21.1 Å². The van der Waals surface area contributed by atoms with Crippen LogP contribution in [0.1, 0.15) is 43.7 Å². The summed E-state index contributed by atoms with van der Waals surface area (Å²) in [5.74, 6) is 2.75. The Balaban J connectivity index is 1.96. The minimum atomic E-state index is 0.305. The van der Waals surface area contributed by atoms with Gasteiger partial charge in [-0.2, -0.15) is 0 Å². The molecule has 1 atom stereocenters. The van der Waals surface area contributed by atoms with Crippen molar-refractivity contribution in [3.63, 3.8) is 0 Å². The summed E-state index contributed by atoms with van der Waals surface area (Å²) in [6.07, 6.45) is 3.55. The molecule has 0 spiro atoms. The summed E-state index contributed by atoms with van der Waals surface area (Å²) in [5, 5.41) is 4.30. The Morgan fingerprint density at radius 1 is 1.40 bits per heavy atom. The van der Waals surface area contributed by atoms with Gasteiger partial charge < -0.3 is 14.8 Å². The number of piperidine rings is 1. The van der Waals surface area contributed by atoms with Gasteiger partial charge in [-0.3, -0.25) is 0 Å². The van der Waals surface area contributed by atoms with Gasteiger partial charge in [0.2, 0.25) is 6.79 Å². The number of nitrogens with one attached hydrogen (secondary N) is 1. The number of rotatable bonds is 3. The van der Waals surface area contributed by atoms with E-state index in [-0.39, 0.29) is 0 Å². The first-order chi connectivity index (χ1) is 9.66. The normalized spacial score (nSPS) is 21.5. The van der Waals surface area contributed by atoms with E-state index in [1.54, 1.807) is 0 Å². The molecule has 20 heavy (non-hydrogen) atoms. The number of halogens is 1. The van der Waals surface area contributed by atoms with E-state index < -0.39 is 0 Å². The maximum Gasteiger partial charge on any atom is 0.231 e. The Labute approximate surface area is 125 Å². The molecule has 2 aliphatic heterocycles. The molecule has 0 saturated carbocycles. The fourth-order valence-electron chi connectivity index (χ4n) is 3.28. The molecule has 0 bridgehead atoms. The highest BCUT2D eigenvalue weighted by molar-refractivity contribution is 6.31. The molecule has 3 rings (SSSR count). The maximum absolute atomic E-state index is 6.52. The maximum atomic E-state index is 6.52. The van der Waals surface area contributed by atoms with Crippen molar-refractivity contribution in [3.05, 3.63) is 22.2 Å². The zero-order chi connectivity index (χ0) is 14.1. The van der Waals surface area contributed by atoms with E-state index >= 15 is 0 Å². The monoisotopic (exact) mass is 295 g/mol. The van der Waals surface area contributed by atoms with Gasteiger partial charge in [-0.05, 0) is 49.8 Å². The van der Waals surface area contributed by atoms with E-state index in [1.807, 2.05) is 6.07 Å². The highest BCUT2D eigenvalue weighted by atomic mass is 35.5. The van der Waals surface area contributed by atoms with E-state index in [2.05, 4.69) is 19.2 Å². The summed E-state index contributed by atoms with van der Waals surface area (Å²) in [6, 6.07) is 1.92. The van der Waals surface area contributed by atoms with Crippen molar-refractivity contribution in [1.29, 1.82) is 0 Å². The molecule has 1 aromatic carbocycles. The fraction of sp³-hybridized carbons (Fsp3) is 0.625. The molecule has 0 amide bonds. The second-order valence-corrected chi connectivity index (χ2v) is 6.46. The molecule has 4 heteroatoms. The quantitative estimate of drug-likeness (QED) is 0.921. The summed E-state index contributed by atoms with van der Waals surface area (Å²) in [7, 11) is 0. The first-order valence-electron chi connectivity index (χ1n) is 7.48. The lowest BCUT2D eigenvalue weighted by Crippen LogP contribution is -2.31. The molecule has 0 aliphatic carbocycles.